The van der Waals surface area contributed by atoms with Gasteiger partial charge in [0.05, 0.1) is 0 Å². The Labute approximate surface area is 66.8 Å². The van der Waals surface area contributed by atoms with Gasteiger partial charge in [0.1, 0.15) is 0 Å². The molecule has 0 N–H and O–H groups in total. The zero-order valence-electron chi connectivity index (χ0n) is 5.21. The van der Waals surface area contributed by atoms with Gasteiger partial charge in [-0.15, -0.1) is 13.0 Å². The van der Waals surface area contributed by atoms with E-state index in [1.807, 2.05) is 6.08 Å². The molecule has 50 valence electrons. The molecule has 1 rings (SSSR count). The Morgan fingerprint density at radius 2 is 2.56 bits per heavy atom. The number of hydrogen-bond acceptors (Lipinski definition) is 0. The van der Waals surface area contributed by atoms with Gasteiger partial charge in [-0.25, -0.2) is 11.6 Å². The van der Waals surface area contributed by atoms with E-state index in [0.29, 0.717) is 0 Å². The molecule has 0 bridgehead atoms. The zero-order chi connectivity index (χ0) is 5.82. The Hall–Kier alpha value is -0.261. The Morgan fingerprint density at radius 1 is 1.78 bits per heavy atom. The first-order valence-electron chi connectivity index (χ1n) is 2.80. The van der Waals surface area contributed by atoms with E-state index in [2.05, 4.69) is 24.8 Å². The van der Waals surface area contributed by atoms with Crippen LogP contribution in [0.1, 0.15) is 12.8 Å². The summed E-state index contributed by atoms with van der Waals surface area (Å²) in [5, 5.41) is 0. The minimum absolute atomic E-state index is 0. The summed E-state index contributed by atoms with van der Waals surface area (Å²) in [5.41, 5.74) is 1.28. The van der Waals surface area contributed by atoms with E-state index in [-0.39, 0.29) is 17.1 Å². The van der Waals surface area contributed by atoms with E-state index in [1.165, 1.54) is 5.57 Å². The van der Waals surface area contributed by atoms with Crippen molar-refractivity contribution in [2.75, 3.05) is 0 Å². The average molecular weight is 161 g/mol. The first-order valence-corrected chi connectivity index (χ1v) is 2.80. The molecule has 0 unspecified atom stereocenters. The summed E-state index contributed by atoms with van der Waals surface area (Å²) < 4.78 is 0. The van der Waals surface area contributed by atoms with Gasteiger partial charge < -0.3 is 0 Å². The maximum Gasteiger partial charge on any atom is 0 e. The maximum absolute atomic E-state index is 3.63. The summed E-state index contributed by atoms with van der Waals surface area (Å²) in [6.07, 6.45) is 11.3. The standard InChI is InChI=1S/C8H9.Fe/c1-2-5-8-6-3-4-7-8;/h2-3,6H,1,4-5H2;/q-1;. The van der Waals surface area contributed by atoms with Gasteiger partial charge in [-0.2, -0.15) is 6.08 Å². The molecule has 1 aliphatic carbocycles. The van der Waals surface area contributed by atoms with Crippen LogP contribution in [0.2, 0.25) is 0 Å². The van der Waals surface area contributed by atoms with Crippen LogP contribution >= 0.6 is 0 Å². The van der Waals surface area contributed by atoms with Crippen LogP contribution in [0, 0.1) is 6.08 Å². The van der Waals surface area contributed by atoms with Crippen molar-refractivity contribution in [2.24, 2.45) is 0 Å². The van der Waals surface area contributed by atoms with Crippen LogP contribution < -0.4 is 0 Å². The Morgan fingerprint density at radius 3 is 3.00 bits per heavy atom. The SMILES string of the molecule is C=CCC1=[C-]CC=C1.[Fe]. The molecule has 0 spiro atoms. The second-order valence-electron chi connectivity index (χ2n) is 1.80. The minimum atomic E-state index is 0. The second kappa shape index (κ2) is 4.60. The topological polar surface area (TPSA) is 0 Å². The van der Waals surface area contributed by atoms with Crippen molar-refractivity contribution in [3.8, 4) is 0 Å². The van der Waals surface area contributed by atoms with E-state index in [0.717, 1.165) is 12.8 Å². The third kappa shape index (κ3) is 2.69. The molecule has 0 saturated carbocycles. The summed E-state index contributed by atoms with van der Waals surface area (Å²) >= 11 is 0. The largest absolute Gasteiger partial charge is 0.269 e. The zero-order valence-corrected chi connectivity index (χ0v) is 6.31. The van der Waals surface area contributed by atoms with Crippen LogP contribution in [-0.4, -0.2) is 0 Å². The van der Waals surface area contributed by atoms with Crippen molar-refractivity contribution in [3.63, 3.8) is 0 Å². The van der Waals surface area contributed by atoms with Crippen molar-refractivity contribution in [2.45, 2.75) is 12.8 Å². The molecule has 0 saturated heterocycles. The van der Waals surface area contributed by atoms with Gasteiger partial charge in [0, 0.05) is 17.1 Å². The number of rotatable bonds is 2. The fourth-order valence-corrected chi connectivity index (χ4v) is 0.746. The van der Waals surface area contributed by atoms with Crippen LogP contribution in [0.15, 0.2) is 30.4 Å². The predicted octanol–water partition coefficient (Wildman–Crippen LogP) is 2.25. The van der Waals surface area contributed by atoms with Crippen molar-refractivity contribution in [1.29, 1.82) is 0 Å². The molecule has 0 nitrogen and oxygen atoms in total. The van der Waals surface area contributed by atoms with E-state index in [9.17, 15) is 0 Å². The molecule has 0 radical (unpaired) electrons. The molecule has 0 atom stereocenters. The molecule has 0 amide bonds. The first-order chi connectivity index (χ1) is 3.93. The van der Waals surface area contributed by atoms with Crippen LogP contribution in [0.3, 0.4) is 0 Å². The molecular formula is C8H9Fe-. The Balaban J connectivity index is 0.000000640. The van der Waals surface area contributed by atoms with E-state index < -0.39 is 0 Å². The third-order valence-electron chi connectivity index (χ3n) is 1.13. The summed E-state index contributed by atoms with van der Waals surface area (Å²) in [6, 6.07) is 0. The average Bonchev–Trinajstić information content (AvgIpc) is 2.19. The number of hydrogen-bond donors (Lipinski definition) is 0. The van der Waals surface area contributed by atoms with Crippen LogP contribution in [0.4, 0.5) is 0 Å². The van der Waals surface area contributed by atoms with Crippen molar-refractivity contribution in [3.05, 3.63) is 36.5 Å². The molecule has 1 heteroatoms. The summed E-state index contributed by atoms with van der Waals surface area (Å²) in [6.45, 7) is 3.63. The van der Waals surface area contributed by atoms with Gasteiger partial charge in [0.25, 0.3) is 0 Å². The third-order valence-corrected chi connectivity index (χ3v) is 1.13. The first kappa shape index (κ1) is 8.74. The summed E-state index contributed by atoms with van der Waals surface area (Å²) in [5.74, 6) is 0. The Kier molecular flexibility index (Phi) is 4.47. The van der Waals surface area contributed by atoms with Gasteiger partial charge in [0.15, 0.2) is 0 Å². The van der Waals surface area contributed by atoms with Crippen LogP contribution in [-0.2, 0) is 17.1 Å². The molecule has 0 aromatic heterocycles. The van der Waals surface area contributed by atoms with Gasteiger partial charge in [0.2, 0.25) is 0 Å². The molecule has 0 aliphatic heterocycles. The fraction of sp³-hybridized carbons (Fsp3) is 0.250. The molecule has 0 aromatic carbocycles. The van der Waals surface area contributed by atoms with Gasteiger partial charge in [-0.3, -0.25) is 6.08 Å². The van der Waals surface area contributed by atoms with Crippen molar-refractivity contribution in [1.82, 2.24) is 0 Å². The fourth-order valence-electron chi connectivity index (χ4n) is 0.746. The van der Waals surface area contributed by atoms with Crippen LogP contribution in [0.5, 0.6) is 0 Å². The molecule has 0 aromatic rings. The minimum Gasteiger partial charge on any atom is -0.269 e. The molecule has 9 heavy (non-hydrogen) atoms. The van der Waals surface area contributed by atoms with Crippen molar-refractivity contribution < 1.29 is 17.1 Å². The molecular weight excluding hydrogens is 152 g/mol. The smallest absolute Gasteiger partial charge is 0 e. The van der Waals surface area contributed by atoms with Gasteiger partial charge >= 0.3 is 0 Å². The summed E-state index contributed by atoms with van der Waals surface area (Å²) in [7, 11) is 0. The van der Waals surface area contributed by atoms with Gasteiger partial charge in [-0.05, 0) is 6.42 Å². The molecule has 0 fully saturated rings. The monoisotopic (exact) mass is 161 g/mol. The molecule has 1 aliphatic rings. The van der Waals surface area contributed by atoms with Crippen molar-refractivity contribution >= 4 is 0 Å². The summed E-state index contributed by atoms with van der Waals surface area (Å²) in [4.78, 5) is 0. The van der Waals surface area contributed by atoms with E-state index in [4.69, 9.17) is 0 Å². The van der Waals surface area contributed by atoms with E-state index in [1.54, 1.807) is 0 Å². The second-order valence-corrected chi connectivity index (χ2v) is 1.80. The van der Waals surface area contributed by atoms with Gasteiger partial charge in [-0.1, -0.05) is 6.08 Å². The number of allylic oxidation sites excluding steroid dienone is 5. The van der Waals surface area contributed by atoms with E-state index >= 15 is 0 Å². The maximum atomic E-state index is 3.63. The normalized spacial score (nSPS) is 14.4. The van der Waals surface area contributed by atoms with Crippen LogP contribution in [0.25, 0.3) is 0 Å². The molecule has 0 heterocycles. The predicted molar refractivity (Wildman–Crippen MR) is 35.3 cm³/mol. The Bertz CT molecular complexity index is 143. The quantitative estimate of drug-likeness (QED) is 0.331.